The third-order valence-electron chi connectivity index (χ3n) is 18.7. The summed E-state index contributed by atoms with van der Waals surface area (Å²) in [7, 11) is 1.42. The molecular formula is C45H72N2O5. The second-order valence-electron chi connectivity index (χ2n) is 21.0. The first-order chi connectivity index (χ1) is 24.3. The van der Waals surface area contributed by atoms with Crippen LogP contribution in [-0.2, 0) is 23.9 Å². The molecule has 0 unspecified atom stereocenters. The Bertz CT molecular complexity index is 1460. The van der Waals surface area contributed by atoms with Crippen LogP contribution in [0, 0.1) is 73.9 Å². The van der Waals surface area contributed by atoms with Gasteiger partial charge in [-0.05, 0) is 135 Å². The van der Waals surface area contributed by atoms with Gasteiger partial charge in [-0.2, -0.15) is 0 Å². The molecule has 0 aromatic rings. The van der Waals surface area contributed by atoms with Crippen LogP contribution in [0.4, 0.5) is 0 Å². The topological polar surface area (TPSA) is 76.2 Å². The Labute approximate surface area is 315 Å². The number of nitrogens with zero attached hydrogens (tertiary/aromatic N) is 2. The van der Waals surface area contributed by atoms with E-state index < -0.39 is 0 Å². The molecule has 0 bridgehead atoms. The fourth-order valence-corrected chi connectivity index (χ4v) is 15.4. The van der Waals surface area contributed by atoms with Gasteiger partial charge in [0.05, 0.1) is 18.4 Å². The minimum absolute atomic E-state index is 0.0177. The maximum absolute atomic E-state index is 14.9. The number of rotatable bonds is 7. The molecule has 7 heteroatoms. The number of amides is 1. The minimum atomic E-state index is -0.250. The Hall–Kier alpha value is -1.89. The number of methoxy groups -OCH3 is 1. The Morgan fingerprint density at radius 3 is 2.10 bits per heavy atom. The number of carbonyl (C=O) groups excluding carboxylic acids is 3. The van der Waals surface area contributed by atoms with Crippen molar-refractivity contribution in [1.29, 1.82) is 0 Å². The summed E-state index contributed by atoms with van der Waals surface area (Å²) in [6, 6.07) is 0. The fourth-order valence-electron chi connectivity index (χ4n) is 15.4. The number of hydrogen-bond donors (Lipinski definition) is 0. The number of likely N-dealkylation sites (N-methyl/N-ethyl adjacent to an activating group) is 1. The van der Waals surface area contributed by atoms with Crippen LogP contribution in [0.15, 0.2) is 12.2 Å². The molecule has 7 aliphatic rings. The van der Waals surface area contributed by atoms with Crippen LogP contribution in [0.1, 0.15) is 133 Å². The van der Waals surface area contributed by atoms with Gasteiger partial charge < -0.3 is 19.3 Å². The first-order valence-electron chi connectivity index (χ1n) is 21.3. The number of fused-ring (bicyclic) bond motifs is 7. The van der Waals surface area contributed by atoms with Gasteiger partial charge in [0, 0.05) is 38.0 Å². The third-order valence-corrected chi connectivity index (χ3v) is 18.7. The molecule has 7 rings (SSSR count). The number of hydrogen-bond acceptors (Lipinski definition) is 6. The van der Waals surface area contributed by atoms with E-state index in [1.165, 1.54) is 31.9 Å². The third kappa shape index (κ3) is 5.36. The fraction of sp³-hybridized carbons (Fsp3) is 0.889. The molecule has 0 aromatic heterocycles. The summed E-state index contributed by atoms with van der Waals surface area (Å²) in [5.41, 5.74) is 1.23. The predicted molar refractivity (Wildman–Crippen MR) is 205 cm³/mol. The van der Waals surface area contributed by atoms with Gasteiger partial charge in [-0.15, -0.1) is 0 Å². The van der Waals surface area contributed by atoms with E-state index in [0.717, 1.165) is 77.7 Å². The van der Waals surface area contributed by atoms with Crippen LogP contribution in [0.2, 0.25) is 0 Å². The normalized spacial score (nSPS) is 46.2. The Kier molecular flexibility index (Phi) is 9.47. The van der Waals surface area contributed by atoms with Crippen LogP contribution < -0.4 is 0 Å². The van der Waals surface area contributed by atoms with Crippen LogP contribution in [0.5, 0.6) is 0 Å². The van der Waals surface area contributed by atoms with Crippen molar-refractivity contribution >= 4 is 17.8 Å². The highest BCUT2D eigenvalue weighted by Crippen LogP contribution is 2.78. The number of piperazine rings is 1. The van der Waals surface area contributed by atoms with E-state index in [0.29, 0.717) is 35.5 Å². The molecule has 1 heterocycles. The summed E-state index contributed by atoms with van der Waals surface area (Å²) in [6.45, 7) is 30.7. The second-order valence-corrected chi connectivity index (χ2v) is 21.0. The summed E-state index contributed by atoms with van der Waals surface area (Å²) in [5.74, 6) is 2.29. The molecule has 1 aliphatic heterocycles. The number of ether oxygens (including phenoxy) is 2. The molecule has 1 saturated heterocycles. The summed E-state index contributed by atoms with van der Waals surface area (Å²) in [4.78, 5) is 45.4. The molecule has 292 valence electrons. The van der Waals surface area contributed by atoms with Crippen LogP contribution >= 0.6 is 0 Å². The number of esters is 2. The van der Waals surface area contributed by atoms with Gasteiger partial charge in [0.25, 0.3) is 0 Å². The van der Waals surface area contributed by atoms with Crippen molar-refractivity contribution in [3.8, 4) is 0 Å². The molecule has 6 aliphatic carbocycles. The molecule has 12 atom stereocenters. The maximum Gasteiger partial charge on any atom is 0.310 e. The van der Waals surface area contributed by atoms with Crippen molar-refractivity contribution in [2.24, 2.45) is 73.9 Å². The van der Waals surface area contributed by atoms with Crippen LogP contribution in [-0.4, -0.2) is 73.6 Å². The van der Waals surface area contributed by atoms with E-state index in [9.17, 15) is 14.4 Å². The van der Waals surface area contributed by atoms with E-state index >= 15 is 0 Å². The van der Waals surface area contributed by atoms with Crippen LogP contribution in [0.3, 0.4) is 0 Å². The van der Waals surface area contributed by atoms with Gasteiger partial charge in [0.15, 0.2) is 0 Å². The Morgan fingerprint density at radius 2 is 1.46 bits per heavy atom. The Morgan fingerprint density at radius 1 is 0.769 bits per heavy atom. The predicted octanol–water partition coefficient (Wildman–Crippen LogP) is 8.56. The molecule has 0 radical (unpaired) electrons. The van der Waals surface area contributed by atoms with E-state index in [2.05, 4.69) is 78.7 Å². The monoisotopic (exact) mass is 721 g/mol. The van der Waals surface area contributed by atoms with E-state index in [4.69, 9.17) is 9.47 Å². The van der Waals surface area contributed by atoms with Crippen LogP contribution in [0.25, 0.3) is 0 Å². The molecule has 0 aromatic carbocycles. The van der Waals surface area contributed by atoms with Crippen molar-refractivity contribution in [1.82, 2.24) is 9.80 Å². The number of carbonyl (C=O) groups is 3. The van der Waals surface area contributed by atoms with Crippen molar-refractivity contribution in [3.63, 3.8) is 0 Å². The highest BCUT2D eigenvalue weighted by Gasteiger charge is 2.72. The SMILES string of the molecule is C=C(C)[C@@H]1CC[C@]2(C(=O)N3CCN(CC)CC3)CC[C@]3(C)[C@H](CC[C@@H]4[C@@]5(C)CC[C@H](OC(=O)[C@H]6[C@@H](CC(=O)OC)C6(C)C)C(C)(C)[C@@H]5CC[C@]43C)[C@@H]12. The van der Waals surface area contributed by atoms with Gasteiger partial charge in [-0.1, -0.05) is 67.5 Å². The highest BCUT2D eigenvalue weighted by atomic mass is 16.5. The van der Waals surface area contributed by atoms with Crippen molar-refractivity contribution in [2.45, 2.75) is 139 Å². The molecular weight excluding hydrogens is 649 g/mol. The maximum atomic E-state index is 14.9. The lowest BCUT2D eigenvalue weighted by Gasteiger charge is -2.73. The molecule has 6 saturated carbocycles. The number of allylic oxidation sites excluding steroid dienone is 1. The van der Waals surface area contributed by atoms with E-state index in [1.54, 1.807) is 0 Å². The molecule has 7 nitrogen and oxygen atoms in total. The Balaban J connectivity index is 1.12. The van der Waals surface area contributed by atoms with E-state index in [1.807, 2.05) is 0 Å². The summed E-state index contributed by atoms with van der Waals surface area (Å²) < 4.78 is 11.4. The van der Waals surface area contributed by atoms with Gasteiger partial charge in [0.1, 0.15) is 6.10 Å². The lowest BCUT2D eigenvalue weighted by Crippen LogP contribution is -2.67. The first kappa shape index (κ1) is 38.4. The molecule has 0 spiro atoms. The zero-order valence-electron chi connectivity index (χ0n) is 34.6. The van der Waals surface area contributed by atoms with Gasteiger partial charge in [-0.25, -0.2) is 0 Å². The quantitative estimate of drug-likeness (QED) is 0.194. The van der Waals surface area contributed by atoms with Crippen molar-refractivity contribution in [2.75, 3.05) is 39.8 Å². The molecule has 7 fully saturated rings. The van der Waals surface area contributed by atoms with Gasteiger partial charge in [0.2, 0.25) is 5.91 Å². The largest absolute Gasteiger partial charge is 0.469 e. The minimum Gasteiger partial charge on any atom is -0.469 e. The molecule has 0 N–H and O–H groups in total. The van der Waals surface area contributed by atoms with Crippen molar-refractivity contribution in [3.05, 3.63) is 12.2 Å². The lowest BCUT2D eigenvalue weighted by molar-refractivity contribution is -0.250. The standard InChI is InChI=1S/C45H72N2O5/c1-12-46-23-25-47(26-24-46)39(50)45-20-15-29(28(2)3)36(45)30-13-14-33-42(8)18-17-34(52-38(49)37-31(40(37,4)5)27-35(48)51-11)41(6,7)32(42)16-19-44(33,10)43(30,9)21-22-45/h29-34,36-37H,2,12-27H2,1,3-11H3/t29-,30+,31+,32-,33+,34-,36+,37+,42-,43+,44+,45-/m0/s1. The summed E-state index contributed by atoms with van der Waals surface area (Å²) in [5, 5.41) is 0. The second kappa shape index (κ2) is 12.8. The summed E-state index contributed by atoms with van der Waals surface area (Å²) >= 11 is 0. The average molecular weight is 721 g/mol. The highest BCUT2D eigenvalue weighted by molar-refractivity contribution is 5.84. The van der Waals surface area contributed by atoms with Gasteiger partial charge >= 0.3 is 11.9 Å². The van der Waals surface area contributed by atoms with Crippen molar-refractivity contribution < 1.29 is 23.9 Å². The lowest BCUT2D eigenvalue weighted by atomic mass is 9.32. The zero-order chi connectivity index (χ0) is 37.8. The molecule has 1 amide bonds. The van der Waals surface area contributed by atoms with Gasteiger partial charge in [-0.3, -0.25) is 14.4 Å². The molecule has 52 heavy (non-hydrogen) atoms. The van der Waals surface area contributed by atoms with E-state index in [-0.39, 0.29) is 68.8 Å². The smallest absolute Gasteiger partial charge is 0.310 e. The first-order valence-corrected chi connectivity index (χ1v) is 21.3. The zero-order valence-corrected chi connectivity index (χ0v) is 34.6. The average Bonchev–Trinajstić information content (AvgIpc) is 3.41. The summed E-state index contributed by atoms with van der Waals surface area (Å²) in [6.07, 6.45) is 11.3.